The molecular formula is C16H11BrN2O3S. The molecule has 0 fully saturated rings. The molecule has 116 valence electrons. The van der Waals surface area contributed by atoms with E-state index in [9.17, 15) is 15.2 Å². The maximum Gasteiger partial charge on any atom is 0.273 e. The van der Waals surface area contributed by atoms with Crippen molar-refractivity contribution in [2.45, 2.75) is 6.92 Å². The molecule has 1 aromatic heterocycles. The molecule has 0 aliphatic heterocycles. The first-order valence-corrected chi connectivity index (χ1v) is 8.27. The van der Waals surface area contributed by atoms with Gasteiger partial charge in [0.15, 0.2) is 0 Å². The van der Waals surface area contributed by atoms with Crippen LogP contribution in [-0.2, 0) is 0 Å². The zero-order valence-electron chi connectivity index (χ0n) is 12.0. The third-order valence-electron chi connectivity index (χ3n) is 3.31. The Balaban J connectivity index is 1.95. The second-order valence-corrected chi connectivity index (χ2v) is 6.88. The van der Waals surface area contributed by atoms with Gasteiger partial charge < -0.3 is 5.11 Å². The lowest BCUT2D eigenvalue weighted by atomic mass is 10.2. The van der Waals surface area contributed by atoms with Crippen LogP contribution in [0.25, 0.3) is 22.4 Å². The Morgan fingerprint density at radius 3 is 2.78 bits per heavy atom. The number of phenolic OH excluding ortho intramolecular Hbond substituents is 1. The van der Waals surface area contributed by atoms with E-state index in [1.807, 2.05) is 12.2 Å². The largest absolute Gasteiger partial charge is 0.507 e. The Kier molecular flexibility index (Phi) is 4.14. The molecule has 0 aliphatic carbocycles. The molecule has 0 bridgehead atoms. The van der Waals surface area contributed by atoms with E-state index >= 15 is 0 Å². The number of rotatable bonds is 3. The van der Waals surface area contributed by atoms with Gasteiger partial charge in [-0.05, 0) is 52.7 Å². The Hall–Kier alpha value is -2.25. The first-order chi connectivity index (χ1) is 10.9. The number of thiazole rings is 1. The molecule has 5 nitrogen and oxygen atoms in total. The molecule has 0 saturated heterocycles. The molecule has 0 spiro atoms. The van der Waals surface area contributed by atoms with Crippen molar-refractivity contribution in [1.82, 2.24) is 4.98 Å². The summed E-state index contributed by atoms with van der Waals surface area (Å²) in [4.78, 5) is 15.1. The number of phenols is 1. The number of halogens is 1. The van der Waals surface area contributed by atoms with Crippen LogP contribution < -0.4 is 0 Å². The molecule has 3 rings (SSSR count). The summed E-state index contributed by atoms with van der Waals surface area (Å²) in [7, 11) is 0. The first kappa shape index (κ1) is 15.6. The van der Waals surface area contributed by atoms with Crippen molar-refractivity contribution in [2.75, 3.05) is 0 Å². The Bertz CT molecular complexity index is 950. The van der Waals surface area contributed by atoms with Crippen molar-refractivity contribution in [3.63, 3.8) is 0 Å². The Morgan fingerprint density at radius 1 is 1.30 bits per heavy atom. The lowest BCUT2D eigenvalue weighted by molar-refractivity contribution is -0.385. The van der Waals surface area contributed by atoms with Gasteiger partial charge in [-0.15, -0.1) is 11.3 Å². The van der Waals surface area contributed by atoms with Crippen molar-refractivity contribution < 1.29 is 10.0 Å². The number of aryl methyl sites for hydroxylation is 1. The second kappa shape index (κ2) is 6.10. The summed E-state index contributed by atoms with van der Waals surface area (Å²) in [5.74, 6) is 0.185. The summed E-state index contributed by atoms with van der Waals surface area (Å²) in [6.45, 7) is 1.71. The third kappa shape index (κ3) is 3.25. The maximum atomic E-state index is 11.0. The van der Waals surface area contributed by atoms with Gasteiger partial charge in [0.05, 0.1) is 19.6 Å². The van der Waals surface area contributed by atoms with Gasteiger partial charge in [0.1, 0.15) is 10.8 Å². The molecule has 7 heteroatoms. The summed E-state index contributed by atoms with van der Waals surface area (Å²) in [6, 6.07) is 8.50. The number of hydrogen-bond donors (Lipinski definition) is 1. The lowest BCUT2D eigenvalue weighted by Crippen LogP contribution is -1.90. The number of nitro benzene ring substituents is 1. The molecule has 0 radical (unpaired) electrons. The molecule has 0 amide bonds. The summed E-state index contributed by atoms with van der Waals surface area (Å²) in [5, 5.41) is 21.2. The van der Waals surface area contributed by atoms with Crippen molar-refractivity contribution >= 4 is 55.3 Å². The number of benzene rings is 2. The fourth-order valence-corrected chi connectivity index (χ4v) is 3.43. The summed E-state index contributed by atoms with van der Waals surface area (Å²) in [5.41, 5.74) is 2.38. The van der Waals surface area contributed by atoms with Crippen LogP contribution in [0.15, 0.2) is 34.8 Å². The van der Waals surface area contributed by atoms with Gasteiger partial charge in [0.25, 0.3) is 5.69 Å². The number of nitro groups is 1. The van der Waals surface area contributed by atoms with Gasteiger partial charge in [-0.3, -0.25) is 10.1 Å². The highest BCUT2D eigenvalue weighted by Crippen LogP contribution is 2.30. The predicted octanol–water partition coefficient (Wildman–Crippen LogP) is 5.15. The molecule has 0 saturated carbocycles. The minimum Gasteiger partial charge on any atom is -0.507 e. The zero-order chi connectivity index (χ0) is 16.6. The van der Waals surface area contributed by atoms with E-state index in [1.54, 1.807) is 37.3 Å². The summed E-state index contributed by atoms with van der Waals surface area (Å²) in [6.07, 6.45) is 3.73. The lowest BCUT2D eigenvalue weighted by Gasteiger charge is -1.97. The van der Waals surface area contributed by atoms with Crippen molar-refractivity contribution in [3.05, 3.63) is 61.1 Å². The number of hydrogen-bond acceptors (Lipinski definition) is 5. The average molecular weight is 391 g/mol. The van der Waals surface area contributed by atoms with Crippen molar-refractivity contribution in [3.8, 4) is 5.75 Å². The number of fused-ring (bicyclic) bond motifs is 1. The van der Waals surface area contributed by atoms with E-state index in [0.29, 0.717) is 10.0 Å². The van der Waals surface area contributed by atoms with Crippen LogP contribution in [0.1, 0.15) is 16.1 Å². The molecule has 0 unspecified atom stereocenters. The van der Waals surface area contributed by atoms with Crippen LogP contribution in [0.3, 0.4) is 0 Å². The topological polar surface area (TPSA) is 76.3 Å². The maximum absolute atomic E-state index is 11.0. The average Bonchev–Trinajstić information content (AvgIpc) is 2.89. The molecule has 0 aliphatic rings. The normalized spacial score (nSPS) is 11.4. The molecular weight excluding hydrogens is 380 g/mol. The van der Waals surface area contributed by atoms with Crippen LogP contribution >= 0.6 is 27.3 Å². The van der Waals surface area contributed by atoms with E-state index < -0.39 is 0 Å². The quantitative estimate of drug-likeness (QED) is 0.495. The first-order valence-electron chi connectivity index (χ1n) is 6.66. The molecule has 1 N–H and O–H groups in total. The molecule has 0 atom stereocenters. The van der Waals surface area contributed by atoms with Crippen LogP contribution in [-0.4, -0.2) is 15.0 Å². The van der Waals surface area contributed by atoms with Gasteiger partial charge in [-0.1, -0.05) is 12.1 Å². The van der Waals surface area contributed by atoms with E-state index in [2.05, 4.69) is 20.9 Å². The summed E-state index contributed by atoms with van der Waals surface area (Å²) >= 11 is 4.67. The molecule has 2 aromatic carbocycles. The predicted molar refractivity (Wildman–Crippen MR) is 95.7 cm³/mol. The number of aromatic nitrogens is 1. The fourth-order valence-electron chi connectivity index (χ4n) is 2.15. The highest BCUT2D eigenvalue weighted by atomic mass is 79.9. The Labute approximate surface area is 144 Å². The molecule has 3 aromatic rings. The molecule has 23 heavy (non-hydrogen) atoms. The standard InChI is InChI=1S/C16H11BrN2O3S/c1-9-6-12-15(8-13(9)19(21)22)23-16(18-12)5-3-10-2-4-14(20)11(17)7-10/h2-8,20H,1H3/b5-3+. The van der Waals surface area contributed by atoms with Gasteiger partial charge in [-0.2, -0.15) is 0 Å². The SMILES string of the molecule is Cc1cc2nc(/C=C/c3ccc(O)c(Br)c3)sc2cc1[N+](=O)[O-]. The van der Waals surface area contributed by atoms with Crippen molar-refractivity contribution in [1.29, 1.82) is 0 Å². The van der Waals surface area contributed by atoms with Gasteiger partial charge in [0.2, 0.25) is 0 Å². The number of nitrogens with zero attached hydrogens (tertiary/aromatic N) is 2. The minimum atomic E-state index is -0.377. The number of aromatic hydroxyl groups is 1. The highest BCUT2D eigenvalue weighted by molar-refractivity contribution is 9.10. The van der Waals surface area contributed by atoms with Crippen LogP contribution in [0.5, 0.6) is 5.75 Å². The third-order valence-corrected chi connectivity index (χ3v) is 4.93. The zero-order valence-corrected chi connectivity index (χ0v) is 14.4. The van der Waals surface area contributed by atoms with Crippen molar-refractivity contribution in [2.24, 2.45) is 0 Å². The van der Waals surface area contributed by atoms with E-state index in [1.165, 1.54) is 11.3 Å². The molecule has 1 heterocycles. The van der Waals surface area contributed by atoms with Gasteiger partial charge in [0, 0.05) is 11.6 Å². The monoisotopic (exact) mass is 390 g/mol. The van der Waals surface area contributed by atoms with E-state index in [-0.39, 0.29) is 16.4 Å². The van der Waals surface area contributed by atoms with E-state index in [0.717, 1.165) is 20.8 Å². The highest BCUT2D eigenvalue weighted by Gasteiger charge is 2.13. The van der Waals surface area contributed by atoms with Gasteiger partial charge in [-0.25, -0.2) is 4.98 Å². The Morgan fingerprint density at radius 2 is 2.09 bits per heavy atom. The van der Waals surface area contributed by atoms with Crippen LogP contribution in [0, 0.1) is 17.0 Å². The van der Waals surface area contributed by atoms with Gasteiger partial charge >= 0.3 is 0 Å². The van der Waals surface area contributed by atoms with Crippen LogP contribution in [0.4, 0.5) is 5.69 Å². The fraction of sp³-hybridized carbons (Fsp3) is 0.0625. The smallest absolute Gasteiger partial charge is 0.273 e. The van der Waals surface area contributed by atoms with Crippen LogP contribution in [0.2, 0.25) is 0 Å². The summed E-state index contributed by atoms with van der Waals surface area (Å²) < 4.78 is 1.41. The van der Waals surface area contributed by atoms with E-state index in [4.69, 9.17) is 0 Å². The second-order valence-electron chi connectivity index (χ2n) is 4.96. The minimum absolute atomic E-state index is 0.110.